The molecule has 0 saturated carbocycles. The summed E-state index contributed by atoms with van der Waals surface area (Å²) in [5.41, 5.74) is 0.751. The quantitative estimate of drug-likeness (QED) is 0.884. The molecule has 6 nitrogen and oxygen atoms in total. The molecule has 1 aromatic carbocycles. The topological polar surface area (TPSA) is 84.1 Å². The second kappa shape index (κ2) is 6.89. The van der Waals surface area contributed by atoms with Crippen molar-refractivity contribution in [2.75, 3.05) is 7.11 Å². The summed E-state index contributed by atoms with van der Waals surface area (Å²) in [6.45, 7) is 3.62. The Balaban J connectivity index is 2.18. The largest absolute Gasteiger partial charge is 0.497 e. The van der Waals surface area contributed by atoms with E-state index in [4.69, 9.17) is 4.74 Å². The SMILES string of the molecule is CC[C@H](NC(=O)c1cc(=O)[nH]c(C)n1)c1ccc(OC)cc1. The van der Waals surface area contributed by atoms with E-state index in [0.29, 0.717) is 5.82 Å². The van der Waals surface area contributed by atoms with Gasteiger partial charge in [-0.3, -0.25) is 9.59 Å². The van der Waals surface area contributed by atoms with E-state index >= 15 is 0 Å². The number of aromatic nitrogens is 2. The molecule has 2 N–H and O–H groups in total. The highest BCUT2D eigenvalue weighted by atomic mass is 16.5. The number of aryl methyl sites for hydroxylation is 1. The molecule has 0 aliphatic carbocycles. The molecule has 1 heterocycles. The van der Waals surface area contributed by atoms with Gasteiger partial charge in [-0.1, -0.05) is 19.1 Å². The zero-order valence-corrected chi connectivity index (χ0v) is 12.8. The van der Waals surface area contributed by atoms with Gasteiger partial charge in [0.2, 0.25) is 0 Å². The fourth-order valence-electron chi connectivity index (χ4n) is 2.19. The molecule has 0 unspecified atom stereocenters. The smallest absolute Gasteiger partial charge is 0.270 e. The number of carbonyl (C=O) groups is 1. The van der Waals surface area contributed by atoms with Crippen LogP contribution in [-0.2, 0) is 0 Å². The molecule has 0 fully saturated rings. The summed E-state index contributed by atoms with van der Waals surface area (Å²) < 4.78 is 5.12. The summed E-state index contributed by atoms with van der Waals surface area (Å²) in [6, 6.07) is 8.55. The summed E-state index contributed by atoms with van der Waals surface area (Å²) in [5, 5.41) is 2.90. The lowest BCUT2D eigenvalue weighted by Gasteiger charge is -2.17. The number of amides is 1. The highest BCUT2D eigenvalue weighted by Gasteiger charge is 2.16. The highest BCUT2D eigenvalue weighted by molar-refractivity contribution is 5.92. The Kier molecular flexibility index (Phi) is 4.93. The van der Waals surface area contributed by atoms with E-state index in [1.165, 1.54) is 6.07 Å². The number of benzene rings is 1. The van der Waals surface area contributed by atoms with Gasteiger partial charge in [0, 0.05) is 6.07 Å². The second-order valence-corrected chi connectivity index (χ2v) is 4.92. The van der Waals surface area contributed by atoms with Crippen molar-refractivity contribution in [1.29, 1.82) is 0 Å². The minimum Gasteiger partial charge on any atom is -0.497 e. The van der Waals surface area contributed by atoms with Gasteiger partial charge in [-0.2, -0.15) is 0 Å². The fourth-order valence-corrected chi connectivity index (χ4v) is 2.19. The van der Waals surface area contributed by atoms with Crippen LogP contribution in [0.15, 0.2) is 35.1 Å². The van der Waals surface area contributed by atoms with E-state index in [1.54, 1.807) is 14.0 Å². The van der Waals surface area contributed by atoms with Gasteiger partial charge in [0.25, 0.3) is 11.5 Å². The van der Waals surface area contributed by atoms with Gasteiger partial charge in [0.1, 0.15) is 17.3 Å². The van der Waals surface area contributed by atoms with Gasteiger partial charge >= 0.3 is 0 Å². The van der Waals surface area contributed by atoms with E-state index in [2.05, 4.69) is 15.3 Å². The van der Waals surface area contributed by atoms with Crippen LogP contribution in [-0.4, -0.2) is 23.0 Å². The number of hydrogen-bond acceptors (Lipinski definition) is 4. The number of nitrogens with one attached hydrogen (secondary N) is 2. The number of nitrogens with zero attached hydrogens (tertiary/aromatic N) is 1. The van der Waals surface area contributed by atoms with Crippen molar-refractivity contribution in [3.63, 3.8) is 0 Å². The predicted octanol–water partition coefficient (Wildman–Crippen LogP) is 1.97. The molecule has 0 spiro atoms. The molecule has 6 heteroatoms. The Hall–Kier alpha value is -2.63. The molecule has 1 aromatic heterocycles. The number of hydrogen-bond donors (Lipinski definition) is 2. The summed E-state index contributed by atoms with van der Waals surface area (Å²) in [6.07, 6.45) is 0.722. The molecule has 2 aromatic rings. The normalized spacial score (nSPS) is 11.8. The van der Waals surface area contributed by atoms with Crippen molar-refractivity contribution in [3.8, 4) is 5.75 Å². The number of carbonyl (C=O) groups excluding carboxylic acids is 1. The van der Waals surface area contributed by atoms with Crippen molar-refractivity contribution in [1.82, 2.24) is 15.3 Å². The summed E-state index contributed by atoms with van der Waals surface area (Å²) in [7, 11) is 1.61. The molecule has 0 bridgehead atoms. The number of ether oxygens (including phenoxy) is 1. The van der Waals surface area contributed by atoms with Crippen LogP contribution in [0.5, 0.6) is 5.75 Å². The van der Waals surface area contributed by atoms with E-state index in [1.807, 2.05) is 31.2 Å². The first kappa shape index (κ1) is 15.8. The number of rotatable bonds is 5. The van der Waals surface area contributed by atoms with Crippen LogP contribution in [0.3, 0.4) is 0 Å². The highest BCUT2D eigenvalue weighted by Crippen LogP contribution is 2.20. The lowest BCUT2D eigenvalue weighted by atomic mass is 10.0. The third kappa shape index (κ3) is 3.72. The standard InChI is InChI=1S/C16H19N3O3/c1-4-13(11-5-7-12(22-3)8-6-11)19-16(21)14-9-15(20)18-10(2)17-14/h5-9,13H,4H2,1-3H3,(H,19,21)(H,17,18,20)/t13-/m0/s1. The lowest BCUT2D eigenvalue weighted by molar-refractivity contribution is 0.0930. The molecule has 0 aliphatic rings. The predicted molar refractivity (Wildman–Crippen MR) is 83.1 cm³/mol. The van der Waals surface area contributed by atoms with E-state index in [0.717, 1.165) is 17.7 Å². The third-order valence-electron chi connectivity index (χ3n) is 3.32. The van der Waals surface area contributed by atoms with Crippen LogP contribution < -0.4 is 15.6 Å². The van der Waals surface area contributed by atoms with Gasteiger partial charge in [-0.25, -0.2) is 4.98 Å². The zero-order valence-electron chi connectivity index (χ0n) is 12.8. The lowest BCUT2D eigenvalue weighted by Crippen LogP contribution is -2.30. The van der Waals surface area contributed by atoms with E-state index < -0.39 is 0 Å². The minimum atomic E-state index is -0.364. The number of H-pyrrole nitrogens is 1. The van der Waals surface area contributed by atoms with Crippen LogP contribution in [0.2, 0.25) is 0 Å². The first-order valence-corrected chi connectivity index (χ1v) is 7.06. The molecular formula is C16H19N3O3. The van der Waals surface area contributed by atoms with E-state index in [9.17, 15) is 9.59 Å². The molecular weight excluding hydrogens is 282 g/mol. The van der Waals surface area contributed by atoms with Crippen molar-refractivity contribution in [2.45, 2.75) is 26.3 Å². The average molecular weight is 301 g/mol. The minimum absolute atomic E-state index is 0.119. The maximum absolute atomic E-state index is 12.3. The second-order valence-electron chi connectivity index (χ2n) is 4.92. The van der Waals surface area contributed by atoms with Crippen LogP contribution in [0.25, 0.3) is 0 Å². The molecule has 0 saturated heterocycles. The van der Waals surface area contributed by atoms with Gasteiger partial charge in [-0.15, -0.1) is 0 Å². The van der Waals surface area contributed by atoms with Crippen LogP contribution in [0.4, 0.5) is 0 Å². The molecule has 22 heavy (non-hydrogen) atoms. The van der Waals surface area contributed by atoms with Crippen molar-refractivity contribution < 1.29 is 9.53 Å². The van der Waals surface area contributed by atoms with Gasteiger partial charge in [0.15, 0.2) is 0 Å². The molecule has 116 valence electrons. The molecule has 0 aliphatic heterocycles. The third-order valence-corrected chi connectivity index (χ3v) is 3.32. The molecule has 0 radical (unpaired) electrons. The number of methoxy groups -OCH3 is 1. The number of aromatic amines is 1. The Morgan fingerprint density at radius 1 is 1.36 bits per heavy atom. The fraction of sp³-hybridized carbons (Fsp3) is 0.312. The van der Waals surface area contributed by atoms with Crippen molar-refractivity contribution in [2.24, 2.45) is 0 Å². The van der Waals surface area contributed by atoms with Gasteiger partial charge in [-0.05, 0) is 31.0 Å². The zero-order chi connectivity index (χ0) is 16.1. The monoisotopic (exact) mass is 301 g/mol. The first-order valence-electron chi connectivity index (χ1n) is 7.06. The van der Waals surface area contributed by atoms with Crippen molar-refractivity contribution >= 4 is 5.91 Å². The van der Waals surface area contributed by atoms with E-state index in [-0.39, 0.29) is 23.2 Å². The van der Waals surface area contributed by atoms with Crippen LogP contribution in [0.1, 0.15) is 41.3 Å². The molecule has 1 amide bonds. The maximum Gasteiger partial charge on any atom is 0.270 e. The average Bonchev–Trinajstić information content (AvgIpc) is 2.51. The Morgan fingerprint density at radius 2 is 2.05 bits per heavy atom. The van der Waals surface area contributed by atoms with Crippen molar-refractivity contribution in [3.05, 3.63) is 57.8 Å². The molecule has 2 rings (SSSR count). The van der Waals surface area contributed by atoms with Crippen LogP contribution in [0, 0.1) is 6.92 Å². The molecule has 1 atom stereocenters. The first-order chi connectivity index (χ1) is 10.5. The van der Waals surface area contributed by atoms with Gasteiger partial charge in [0.05, 0.1) is 13.2 Å². The maximum atomic E-state index is 12.3. The van der Waals surface area contributed by atoms with Gasteiger partial charge < -0.3 is 15.0 Å². The Bertz CT molecular complexity index is 707. The Morgan fingerprint density at radius 3 is 2.59 bits per heavy atom. The summed E-state index contributed by atoms with van der Waals surface area (Å²) in [4.78, 5) is 30.3. The summed E-state index contributed by atoms with van der Waals surface area (Å²) in [5.74, 6) is 0.809. The summed E-state index contributed by atoms with van der Waals surface area (Å²) >= 11 is 0. The Labute approximate surface area is 128 Å². The van der Waals surface area contributed by atoms with Crippen LogP contribution >= 0.6 is 0 Å².